The van der Waals surface area contributed by atoms with E-state index in [4.69, 9.17) is 0 Å². The van der Waals surface area contributed by atoms with Gasteiger partial charge in [-0.15, -0.1) is 0 Å². The lowest BCUT2D eigenvalue weighted by Gasteiger charge is -2.09. The lowest BCUT2D eigenvalue weighted by Crippen LogP contribution is -2.30. The smallest absolute Gasteiger partial charge is 0.341 e. The van der Waals surface area contributed by atoms with Gasteiger partial charge in [-0.05, 0) is 25.9 Å². The van der Waals surface area contributed by atoms with E-state index in [9.17, 15) is 4.79 Å². The van der Waals surface area contributed by atoms with Crippen molar-refractivity contribution < 1.29 is 9.53 Å². The van der Waals surface area contributed by atoms with E-state index in [0.29, 0.717) is 7.41 Å². The number of hydrogen-bond acceptors (Lipinski definition) is 3. The fraction of sp³-hybridized carbons (Fsp3) is 0.833. The monoisotopic (exact) mass is 141 g/mol. The molecule has 0 bridgehead atoms. The molecule has 4 heteroatoms. The third kappa shape index (κ3) is 2.03. The number of hydrogen-bond donors (Lipinski definition) is 0. The molecule has 0 aliphatic carbocycles. The molecule has 1 saturated heterocycles. The fourth-order valence-corrected chi connectivity index (χ4v) is 1.19. The van der Waals surface area contributed by atoms with Gasteiger partial charge in [-0.3, -0.25) is 4.79 Å². The summed E-state index contributed by atoms with van der Waals surface area (Å²) in [6.07, 6.45) is 2.44. The van der Waals surface area contributed by atoms with E-state index >= 15 is 0 Å². The molecule has 0 aromatic rings. The molecule has 10 heavy (non-hydrogen) atoms. The molecular weight excluding hydrogens is 129 g/mol. The summed E-state index contributed by atoms with van der Waals surface area (Å²) in [5, 5.41) is 0. The quantitative estimate of drug-likeness (QED) is 0.514. The van der Waals surface area contributed by atoms with Crippen LogP contribution in [0.3, 0.4) is 0 Å². The Bertz CT molecular complexity index is 123. The van der Waals surface area contributed by atoms with Crippen LogP contribution in [0.4, 0.5) is 4.79 Å². The van der Waals surface area contributed by atoms with E-state index < -0.39 is 0 Å². The second kappa shape index (κ2) is 3.61. The molecule has 0 N–H and O–H groups in total. The van der Waals surface area contributed by atoms with E-state index in [1.54, 1.807) is 0 Å². The normalized spacial score (nSPS) is 18.9. The van der Waals surface area contributed by atoms with Crippen molar-refractivity contribution >= 4 is 13.3 Å². The maximum Gasteiger partial charge on any atom is 0.341 e. The first-order valence-electron chi connectivity index (χ1n) is 3.62. The summed E-state index contributed by atoms with van der Waals surface area (Å²) in [6, 6.07) is 0. The van der Waals surface area contributed by atoms with Gasteiger partial charge < -0.3 is 9.55 Å². The van der Waals surface area contributed by atoms with Crippen molar-refractivity contribution in [1.29, 1.82) is 0 Å². The number of methoxy groups -OCH3 is 1. The summed E-state index contributed by atoms with van der Waals surface area (Å²) in [7, 11) is 1.90. The highest BCUT2D eigenvalue weighted by atomic mass is 16.5. The molecule has 1 rings (SSSR count). The van der Waals surface area contributed by atoms with Gasteiger partial charge in [-0.1, -0.05) is 0 Å². The van der Waals surface area contributed by atoms with Crippen LogP contribution in [-0.2, 0) is 4.74 Å². The van der Waals surface area contributed by atoms with Crippen molar-refractivity contribution in [2.45, 2.75) is 12.8 Å². The van der Waals surface area contributed by atoms with Crippen molar-refractivity contribution in [3.8, 4) is 0 Å². The number of rotatable bonds is 2. The van der Waals surface area contributed by atoms with Crippen molar-refractivity contribution in [3.05, 3.63) is 0 Å². The summed E-state index contributed by atoms with van der Waals surface area (Å²) in [6.45, 7) is 2.10. The maximum atomic E-state index is 10.7. The molecule has 0 unspecified atom stereocenters. The molecule has 0 radical (unpaired) electrons. The first-order valence-corrected chi connectivity index (χ1v) is 3.62. The van der Waals surface area contributed by atoms with Crippen LogP contribution in [-0.4, -0.2) is 38.3 Å². The standard InChI is InChI=1S/C6H12BNO2/c1-10-6(9)7-8-4-2-3-5-8/h7H,2-5H2,1H3. The summed E-state index contributed by atoms with van der Waals surface area (Å²) in [4.78, 5) is 12.8. The highest BCUT2D eigenvalue weighted by Crippen LogP contribution is 2.05. The van der Waals surface area contributed by atoms with E-state index in [1.807, 2.05) is 0 Å². The van der Waals surface area contributed by atoms with Gasteiger partial charge in [0.25, 0.3) is 5.87 Å². The number of ether oxygens (including phenoxy) is 1. The average Bonchev–Trinajstić information content (AvgIpc) is 2.40. The van der Waals surface area contributed by atoms with Gasteiger partial charge in [0.2, 0.25) is 0 Å². The second-order valence-corrected chi connectivity index (χ2v) is 2.56. The van der Waals surface area contributed by atoms with Crippen molar-refractivity contribution in [2.24, 2.45) is 0 Å². The predicted octanol–water partition coefficient (Wildman–Crippen LogP) is 0.200. The van der Waals surface area contributed by atoms with E-state index in [-0.39, 0.29) is 5.87 Å². The Labute approximate surface area is 61.6 Å². The SMILES string of the molecule is COC(=O)BN1CCCC1. The predicted molar refractivity (Wildman–Crippen MR) is 40.4 cm³/mol. The zero-order valence-electron chi connectivity index (χ0n) is 6.30. The molecule has 1 fully saturated rings. The van der Waals surface area contributed by atoms with Crippen molar-refractivity contribution in [1.82, 2.24) is 4.81 Å². The minimum absolute atomic E-state index is 0.123. The lowest BCUT2D eigenvalue weighted by molar-refractivity contribution is 0.195. The van der Waals surface area contributed by atoms with Gasteiger partial charge in [0.15, 0.2) is 0 Å². The molecule has 1 aliphatic heterocycles. The van der Waals surface area contributed by atoms with E-state index in [0.717, 1.165) is 13.1 Å². The van der Waals surface area contributed by atoms with Crippen molar-refractivity contribution in [3.63, 3.8) is 0 Å². The molecule has 3 nitrogen and oxygen atoms in total. The van der Waals surface area contributed by atoms with Gasteiger partial charge in [-0.2, -0.15) is 0 Å². The lowest BCUT2D eigenvalue weighted by atomic mass is 9.93. The Morgan fingerprint density at radius 3 is 2.60 bits per heavy atom. The first-order chi connectivity index (χ1) is 4.83. The topological polar surface area (TPSA) is 29.5 Å². The fourth-order valence-electron chi connectivity index (χ4n) is 1.19. The van der Waals surface area contributed by atoms with E-state index in [2.05, 4.69) is 9.55 Å². The Morgan fingerprint density at radius 1 is 1.50 bits per heavy atom. The van der Waals surface area contributed by atoms with Gasteiger partial charge in [0, 0.05) is 0 Å². The molecule has 0 spiro atoms. The number of nitrogens with zero attached hydrogens (tertiary/aromatic N) is 1. The molecule has 0 aromatic heterocycles. The summed E-state index contributed by atoms with van der Waals surface area (Å²) in [5.41, 5.74) is 0. The molecule has 0 atom stereocenters. The molecule has 0 amide bonds. The van der Waals surface area contributed by atoms with E-state index in [1.165, 1.54) is 20.0 Å². The highest BCUT2D eigenvalue weighted by Gasteiger charge is 2.16. The van der Waals surface area contributed by atoms with Gasteiger partial charge in [-0.25, -0.2) is 0 Å². The minimum atomic E-state index is -0.123. The zero-order chi connectivity index (χ0) is 7.40. The maximum absolute atomic E-state index is 10.7. The van der Waals surface area contributed by atoms with Gasteiger partial charge in [0.05, 0.1) is 7.11 Å². The highest BCUT2D eigenvalue weighted by molar-refractivity contribution is 6.69. The molecule has 56 valence electrons. The third-order valence-electron chi connectivity index (χ3n) is 1.78. The first kappa shape index (κ1) is 7.60. The molecule has 1 aliphatic rings. The van der Waals surface area contributed by atoms with Crippen LogP contribution in [0.15, 0.2) is 0 Å². The van der Waals surface area contributed by atoms with Crippen LogP contribution in [0.2, 0.25) is 0 Å². The largest absolute Gasteiger partial charge is 0.476 e. The van der Waals surface area contributed by atoms with Crippen LogP contribution >= 0.6 is 0 Å². The Kier molecular flexibility index (Phi) is 2.74. The number of carbonyl (C=O) groups is 1. The summed E-state index contributed by atoms with van der Waals surface area (Å²) in [5.74, 6) is -0.123. The molecule has 0 aromatic carbocycles. The van der Waals surface area contributed by atoms with Gasteiger partial charge >= 0.3 is 7.41 Å². The molecule has 1 heterocycles. The minimum Gasteiger partial charge on any atom is -0.476 e. The summed E-state index contributed by atoms with van der Waals surface area (Å²) < 4.78 is 4.53. The third-order valence-corrected chi connectivity index (χ3v) is 1.78. The molecular formula is C6H12BNO2. The van der Waals surface area contributed by atoms with Crippen LogP contribution in [0.5, 0.6) is 0 Å². The van der Waals surface area contributed by atoms with Crippen LogP contribution in [0, 0.1) is 0 Å². The Morgan fingerprint density at radius 2 is 2.10 bits per heavy atom. The van der Waals surface area contributed by atoms with Crippen LogP contribution in [0.25, 0.3) is 0 Å². The Hall–Kier alpha value is -0.505. The Balaban J connectivity index is 2.17. The van der Waals surface area contributed by atoms with Crippen molar-refractivity contribution in [2.75, 3.05) is 20.2 Å². The summed E-state index contributed by atoms with van der Waals surface area (Å²) >= 11 is 0. The zero-order valence-corrected chi connectivity index (χ0v) is 6.30. The van der Waals surface area contributed by atoms with Gasteiger partial charge in [0.1, 0.15) is 0 Å². The van der Waals surface area contributed by atoms with Crippen LogP contribution < -0.4 is 0 Å². The second-order valence-electron chi connectivity index (χ2n) is 2.56. The average molecular weight is 141 g/mol. The number of carbonyl (C=O) groups excluding carboxylic acids is 1. The molecule has 0 saturated carbocycles. The van der Waals surface area contributed by atoms with Crippen LogP contribution in [0.1, 0.15) is 12.8 Å².